The first kappa shape index (κ1) is 23.2. The minimum absolute atomic E-state index is 0.988. The number of nitrogens with one attached hydrogen (secondary N) is 1. The lowest BCUT2D eigenvalue weighted by Gasteiger charge is -2.06. The number of aryl methyl sites for hydroxylation is 1. The third-order valence-corrected chi connectivity index (χ3v) is 6.76. The van der Waals surface area contributed by atoms with Crippen molar-refractivity contribution in [3.05, 3.63) is 62.3 Å². The molecule has 0 unspecified atom stereocenters. The van der Waals surface area contributed by atoms with Gasteiger partial charge in [0.2, 0.25) is 0 Å². The fraction of sp³-hybridized carbons (Fsp3) is 0.500. The van der Waals surface area contributed by atoms with Crippen LogP contribution < -0.4 is 0 Å². The Labute approximate surface area is 188 Å². The number of rotatable bonds is 8. The Kier molecular flexibility index (Phi) is 7.35. The highest BCUT2D eigenvalue weighted by molar-refractivity contribution is 6.14. The maximum absolute atomic E-state index is 5.15. The summed E-state index contributed by atoms with van der Waals surface area (Å²) in [5, 5.41) is 0. The summed E-state index contributed by atoms with van der Waals surface area (Å²) in [5.41, 5.74) is 15.4. The van der Waals surface area contributed by atoms with Crippen molar-refractivity contribution in [3.8, 4) is 0 Å². The molecule has 0 saturated heterocycles. The highest BCUT2D eigenvalue weighted by atomic mass is 14.8. The van der Waals surface area contributed by atoms with E-state index in [1.807, 2.05) is 0 Å². The molecule has 0 radical (unpaired) electrons. The molecule has 31 heavy (non-hydrogen) atoms. The monoisotopic (exact) mass is 417 g/mol. The van der Waals surface area contributed by atoms with Gasteiger partial charge < -0.3 is 4.98 Å². The van der Waals surface area contributed by atoms with Crippen molar-refractivity contribution in [1.82, 2.24) is 4.98 Å². The molecule has 0 aliphatic carbocycles. The van der Waals surface area contributed by atoms with Crippen LogP contribution in [0.1, 0.15) is 96.7 Å². The predicted molar refractivity (Wildman–Crippen MR) is 136 cm³/mol. The van der Waals surface area contributed by atoms with Crippen molar-refractivity contribution in [1.29, 1.82) is 0 Å². The first-order valence-corrected chi connectivity index (χ1v) is 12.2. The van der Waals surface area contributed by atoms with Gasteiger partial charge in [-0.3, -0.25) is 4.99 Å². The second-order valence-corrected chi connectivity index (χ2v) is 8.41. The van der Waals surface area contributed by atoms with Crippen LogP contribution in [0, 0.1) is 6.92 Å². The van der Waals surface area contributed by atoms with Gasteiger partial charge in [-0.1, -0.05) is 41.5 Å². The van der Waals surface area contributed by atoms with Crippen LogP contribution in [0.15, 0.2) is 49.7 Å². The molecule has 0 spiro atoms. The van der Waals surface area contributed by atoms with Crippen molar-refractivity contribution in [2.45, 2.75) is 93.9 Å². The zero-order chi connectivity index (χ0) is 22.7. The maximum atomic E-state index is 5.15. The summed E-state index contributed by atoms with van der Waals surface area (Å²) in [6.07, 6.45) is 10.6. The van der Waals surface area contributed by atoms with E-state index in [9.17, 15) is 0 Å². The lowest BCUT2D eigenvalue weighted by molar-refractivity contribution is 1.04. The number of aromatic nitrogens is 1. The average Bonchev–Trinajstić information content (AvgIpc) is 3.36. The number of aromatic amines is 1. The van der Waals surface area contributed by atoms with E-state index in [2.05, 4.69) is 72.5 Å². The van der Waals surface area contributed by atoms with Gasteiger partial charge in [-0.05, 0) is 97.9 Å². The topological polar surface area (TPSA) is 40.5 Å². The molecule has 0 aromatic carbocycles. The van der Waals surface area contributed by atoms with E-state index < -0.39 is 0 Å². The van der Waals surface area contributed by atoms with Gasteiger partial charge >= 0.3 is 0 Å². The number of hydrogen-bond acceptors (Lipinski definition) is 2. The van der Waals surface area contributed by atoms with Gasteiger partial charge in [-0.25, -0.2) is 4.99 Å². The smallest absolute Gasteiger partial charge is 0.0694 e. The summed E-state index contributed by atoms with van der Waals surface area (Å²) in [5.74, 6) is 0. The number of nitrogens with zero attached hydrogens (tertiary/aromatic N) is 2. The quantitative estimate of drug-likeness (QED) is 0.447. The zero-order valence-electron chi connectivity index (χ0n) is 20.8. The van der Waals surface area contributed by atoms with Gasteiger partial charge in [0, 0.05) is 17.1 Å². The van der Waals surface area contributed by atoms with Crippen LogP contribution in [0.2, 0.25) is 0 Å². The van der Waals surface area contributed by atoms with Crippen LogP contribution in [0.3, 0.4) is 0 Å². The Balaban J connectivity index is 2.13. The van der Waals surface area contributed by atoms with Crippen LogP contribution in [0.25, 0.3) is 6.08 Å². The molecular weight excluding hydrogens is 378 g/mol. The lowest BCUT2D eigenvalue weighted by atomic mass is 9.96. The molecule has 2 aliphatic rings. The Bertz CT molecular complexity index is 1050. The minimum atomic E-state index is 0.988. The standard InChI is InChI=1S/C28H39N3/c1-9-19-17(7)29-25(21(19)11-3)15-27-23(13-5)24(14-6)28(31-27)16-26-22(12-4)20(10-2)18(8)30-26/h15-16,29H,9-14H2,1-8H3/b26-16-,27-15?. The maximum Gasteiger partial charge on any atom is 0.0694 e. The Morgan fingerprint density at radius 2 is 1.16 bits per heavy atom. The van der Waals surface area contributed by atoms with Crippen molar-refractivity contribution in [3.63, 3.8) is 0 Å². The average molecular weight is 418 g/mol. The summed E-state index contributed by atoms with van der Waals surface area (Å²) in [6.45, 7) is 17.7. The van der Waals surface area contributed by atoms with E-state index in [-0.39, 0.29) is 0 Å². The fourth-order valence-electron chi connectivity index (χ4n) is 5.29. The molecule has 1 aromatic rings. The van der Waals surface area contributed by atoms with E-state index in [1.165, 1.54) is 50.5 Å². The molecule has 0 fully saturated rings. The number of H-pyrrole nitrogens is 1. The van der Waals surface area contributed by atoms with E-state index >= 15 is 0 Å². The van der Waals surface area contributed by atoms with Gasteiger partial charge in [0.1, 0.15) is 0 Å². The van der Waals surface area contributed by atoms with Crippen molar-refractivity contribution >= 4 is 17.5 Å². The van der Waals surface area contributed by atoms with E-state index in [0.717, 1.165) is 55.6 Å². The number of allylic oxidation sites excluding steroid dienone is 5. The SMILES string of the molecule is CCC1=C(CC)C(/C=C2\N=C(C)C(CC)=C2CC)=NC1=Cc1[nH]c(C)c(CC)c1CC. The van der Waals surface area contributed by atoms with E-state index in [1.54, 1.807) is 0 Å². The van der Waals surface area contributed by atoms with Crippen molar-refractivity contribution < 1.29 is 0 Å². The third-order valence-electron chi connectivity index (χ3n) is 6.76. The van der Waals surface area contributed by atoms with Gasteiger partial charge in [0.15, 0.2) is 0 Å². The van der Waals surface area contributed by atoms with Gasteiger partial charge in [0.05, 0.1) is 17.1 Å². The molecule has 0 bridgehead atoms. The van der Waals surface area contributed by atoms with Gasteiger partial charge in [0.25, 0.3) is 0 Å². The predicted octanol–water partition coefficient (Wildman–Crippen LogP) is 7.84. The van der Waals surface area contributed by atoms with Crippen molar-refractivity contribution in [2.24, 2.45) is 9.98 Å². The van der Waals surface area contributed by atoms with Crippen molar-refractivity contribution in [2.75, 3.05) is 0 Å². The zero-order valence-corrected chi connectivity index (χ0v) is 20.8. The van der Waals surface area contributed by atoms with E-state index in [0.29, 0.717) is 0 Å². The van der Waals surface area contributed by atoms with Gasteiger partial charge in [-0.15, -0.1) is 0 Å². The summed E-state index contributed by atoms with van der Waals surface area (Å²) in [6, 6.07) is 0. The summed E-state index contributed by atoms with van der Waals surface area (Å²) in [7, 11) is 0. The highest BCUT2D eigenvalue weighted by Gasteiger charge is 2.24. The van der Waals surface area contributed by atoms with Crippen LogP contribution in [-0.4, -0.2) is 16.4 Å². The molecule has 0 saturated carbocycles. The lowest BCUT2D eigenvalue weighted by Crippen LogP contribution is -1.98. The molecule has 0 amide bonds. The second-order valence-electron chi connectivity index (χ2n) is 8.41. The normalized spacial score (nSPS) is 19.4. The molecular formula is C28H39N3. The number of aliphatic imine (C=N–C) groups is 2. The fourth-order valence-corrected chi connectivity index (χ4v) is 5.29. The largest absolute Gasteiger partial charge is 0.359 e. The van der Waals surface area contributed by atoms with Crippen LogP contribution in [-0.2, 0) is 12.8 Å². The summed E-state index contributed by atoms with van der Waals surface area (Å²) >= 11 is 0. The Hall–Kier alpha value is -2.42. The summed E-state index contributed by atoms with van der Waals surface area (Å²) < 4.78 is 0. The Morgan fingerprint density at radius 1 is 0.613 bits per heavy atom. The minimum Gasteiger partial charge on any atom is -0.359 e. The molecule has 3 nitrogen and oxygen atoms in total. The highest BCUT2D eigenvalue weighted by Crippen LogP contribution is 2.36. The van der Waals surface area contributed by atoms with Crippen LogP contribution in [0.4, 0.5) is 0 Å². The Morgan fingerprint density at radius 3 is 1.71 bits per heavy atom. The molecule has 3 heterocycles. The molecule has 1 N–H and O–H groups in total. The third kappa shape index (κ3) is 4.20. The molecule has 0 atom stereocenters. The molecule has 3 rings (SSSR count). The second kappa shape index (κ2) is 9.80. The molecule has 1 aromatic heterocycles. The molecule has 3 heteroatoms. The first-order valence-electron chi connectivity index (χ1n) is 12.2. The van der Waals surface area contributed by atoms with Crippen LogP contribution >= 0.6 is 0 Å². The molecule has 2 aliphatic heterocycles. The molecule has 166 valence electrons. The van der Waals surface area contributed by atoms with E-state index in [4.69, 9.17) is 9.98 Å². The summed E-state index contributed by atoms with van der Waals surface area (Å²) in [4.78, 5) is 13.7. The number of hydrogen-bond donors (Lipinski definition) is 1. The van der Waals surface area contributed by atoms with Gasteiger partial charge in [-0.2, -0.15) is 0 Å². The van der Waals surface area contributed by atoms with Crippen LogP contribution in [0.5, 0.6) is 0 Å². The first-order chi connectivity index (χ1) is 14.9.